The molecule has 0 aromatic carbocycles. The minimum absolute atomic E-state index is 0.713. The zero-order valence-electron chi connectivity index (χ0n) is 11.7. The molecule has 0 fully saturated rings. The predicted molar refractivity (Wildman–Crippen MR) is 81.7 cm³/mol. The van der Waals surface area contributed by atoms with Crippen molar-refractivity contribution in [3.63, 3.8) is 0 Å². The molecule has 0 aliphatic carbocycles. The zero-order valence-corrected chi connectivity index (χ0v) is 13.3. The second-order valence-corrected chi connectivity index (χ2v) is 6.34. The van der Waals surface area contributed by atoms with E-state index in [0.717, 1.165) is 29.9 Å². The normalized spacial score (nSPS) is 12.9. The molecule has 1 unspecified atom stereocenters. The summed E-state index contributed by atoms with van der Waals surface area (Å²) in [6.45, 7) is 8.98. The summed E-state index contributed by atoms with van der Waals surface area (Å²) in [5.74, 6) is 1.43. The Balaban J connectivity index is 2.46. The topological polar surface area (TPSA) is 24.9 Å². The van der Waals surface area contributed by atoms with E-state index in [9.17, 15) is 0 Å². The van der Waals surface area contributed by atoms with E-state index in [1.54, 1.807) is 0 Å². The van der Waals surface area contributed by atoms with Crippen LogP contribution in [0.5, 0.6) is 0 Å². The Morgan fingerprint density at radius 2 is 2.06 bits per heavy atom. The molecule has 3 heteroatoms. The molecule has 1 N–H and O–H groups in total. The Kier molecular flexibility index (Phi) is 7.52. The zero-order chi connectivity index (χ0) is 13.4. The minimum atomic E-state index is 0.713. The Morgan fingerprint density at radius 1 is 1.28 bits per heavy atom. The summed E-state index contributed by atoms with van der Waals surface area (Å²) in [4.78, 5) is 4.24. The number of nitrogens with one attached hydrogen (secondary N) is 1. The lowest BCUT2D eigenvalue weighted by Gasteiger charge is -2.18. The van der Waals surface area contributed by atoms with Gasteiger partial charge in [-0.25, -0.2) is 0 Å². The molecule has 18 heavy (non-hydrogen) atoms. The van der Waals surface area contributed by atoms with Gasteiger partial charge in [0.1, 0.15) is 0 Å². The number of rotatable bonds is 8. The maximum absolute atomic E-state index is 4.24. The van der Waals surface area contributed by atoms with Crippen LogP contribution in [-0.2, 0) is 6.42 Å². The van der Waals surface area contributed by atoms with E-state index in [2.05, 4.69) is 53.1 Å². The summed E-state index contributed by atoms with van der Waals surface area (Å²) in [6, 6.07) is 2.18. The van der Waals surface area contributed by atoms with Gasteiger partial charge >= 0.3 is 0 Å². The Bertz CT molecular complexity index is 339. The van der Waals surface area contributed by atoms with Gasteiger partial charge in [-0.05, 0) is 65.3 Å². The molecule has 2 nitrogen and oxygen atoms in total. The van der Waals surface area contributed by atoms with E-state index in [1.807, 2.05) is 12.4 Å². The molecule has 0 bridgehead atoms. The second kappa shape index (κ2) is 8.65. The summed E-state index contributed by atoms with van der Waals surface area (Å²) in [5.41, 5.74) is 1.33. The first-order valence-corrected chi connectivity index (χ1v) is 7.71. The van der Waals surface area contributed by atoms with E-state index >= 15 is 0 Å². The van der Waals surface area contributed by atoms with Crippen molar-refractivity contribution >= 4 is 15.9 Å². The molecule has 1 atom stereocenters. The molecule has 0 radical (unpaired) electrons. The van der Waals surface area contributed by atoms with Gasteiger partial charge in [0, 0.05) is 16.9 Å². The Labute approximate surface area is 120 Å². The van der Waals surface area contributed by atoms with Crippen molar-refractivity contribution in [3.05, 3.63) is 28.5 Å². The fraction of sp³-hybridized carbons (Fsp3) is 0.667. The standard InChI is InChI=1S/C15H25BrN2/c1-4-5-13(9-17-8-12(2)3)6-14-7-15(16)11-18-10-14/h7,10-13,17H,4-6,8-9H2,1-3H3. The lowest BCUT2D eigenvalue weighted by molar-refractivity contribution is 0.420. The van der Waals surface area contributed by atoms with Gasteiger partial charge in [-0.3, -0.25) is 4.98 Å². The number of hydrogen-bond donors (Lipinski definition) is 1. The van der Waals surface area contributed by atoms with Crippen LogP contribution < -0.4 is 5.32 Å². The molecule has 0 aliphatic rings. The van der Waals surface area contributed by atoms with E-state index in [-0.39, 0.29) is 0 Å². The molecular formula is C15H25BrN2. The number of halogens is 1. The lowest BCUT2D eigenvalue weighted by Crippen LogP contribution is -2.27. The van der Waals surface area contributed by atoms with Crippen LogP contribution in [0.15, 0.2) is 22.9 Å². The van der Waals surface area contributed by atoms with Crippen molar-refractivity contribution < 1.29 is 0 Å². The monoisotopic (exact) mass is 312 g/mol. The molecule has 0 saturated heterocycles. The summed E-state index contributed by atoms with van der Waals surface area (Å²) in [6.07, 6.45) is 7.46. The highest BCUT2D eigenvalue weighted by Gasteiger charge is 2.09. The maximum Gasteiger partial charge on any atom is 0.0410 e. The molecule has 1 heterocycles. The SMILES string of the molecule is CCCC(CNCC(C)C)Cc1cncc(Br)c1. The van der Waals surface area contributed by atoms with Gasteiger partial charge in [0.2, 0.25) is 0 Å². The fourth-order valence-electron chi connectivity index (χ4n) is 2.16. The third kappa shape index (κ3) is 6.50. The summed E-state index contributed by atoms with van der Waals surface area (Å²) < 4.78 is 1.07. The van der Waals surface area contributed by atoms with Crippen LogP contribution in [0.3, 0.4) is 0 Å². The highest BCUT2D eigenvalue weighted by molar-refractivity contribution is 9.10. The predicted octanol–water partition coefficient (Wildman–Crippen LogP) is 4.05. The van der Waals surface area contributed by atoms with Crippen molar-refractivity contribution in [2.45, 2.75) is 40.0 Å². The van der Waals surface area contributed by atoms with Gasteiger partial charge in [-0.15, -0.1) is 0 Å². The van der Waals surface area contributed by atoms with Crippen LogP contribution in [0.25, 0.3) is 0 Å². The second-order valence-electron chi connectivity index (χ2n) is 5.42. The summed E-state index contributed by atoms with van der Waals surface area (Å²) >= 11 is 3.48. The van der Waals surface area contributed by atoms with Crippen LogP contribution in [0.2, 0.25) is 0 Å². The van der Waals surface area contributed by atoms with E-state index in [1.165, 1.54) is 18.4 Å². The van der Waals surface area contributed by atoms with Gasteiger partial charge in [0.15, 0.2) is 0 Å². The highest BCUT2D eigenvalue weighted by atomic mass is 79.9. The fourth-order valence-corrected chi connectivity index (χ4v) is 2.57. The molecule has 0 amide bonds. The van der Waals surface area contributed by atoms with Crippen molar-refractivity contribution in [1.82, 2.24) is 10.3 Å². The largest absolute Gasteiger partial charge is 0.316 e. The number of hydrogen-bond acceptors (Lipinski definition) is 2. The van der Waals surface area contributed by atoms with Crippen molar-refractivity contribution in [2.24, 2.45) is 11.8 Å². The third-order valence-corrected chi connectivity index (χ3v) is 3.40. The molecule has 0 spiro atoms. The van der Waals surface area contributed by atoms with Crippen LogP contribution >= 0.6 is 15.9 Å². The van der Waals surface area contributed by atoms with Crippen molar-refractivity contribution in [1.29, 1.82) is 0 Å². The number of nitrogens with zero attached hydrogens (tertiary/aromatic N) is 1. The minimum Gasteiger partial charge on any atom is -0.316 e. The van der Waals surface area contributed by atoms with E-state index in [0.29, 0.717) is 5.92 Å². The molecule has 0 saturated carbocycles. The molecule has 1 aromatic heterocycles. The molecule has 0 aliphatic heterocycles. The first-order valence-electron chi connectivity index (χ1n) is 6.92. The van der Waals surface area contributed by atoms with Crippen molar-refractivity contribution in [2.75, 3.05) is 13.1 Å². The van der Waals surface area contributed by atoms with Crippen LogP contribution in [0.1, 0.15) is 39.2 Å². The summed E-state index contributed by atoms with van der Waals surface area (Å²) in [7, 11) is 0. The first-order chi connectivity index (χ1) is 8.61. The molecule has 1 rings (SSSR count). The third-order valence-electron chi connectivity index (χ3n) is 2.97. The average molecular weight is 313 g/mol. The molecule has 102 valence electrons. The van der Waals surface area contributed by atoms with Gasteiger partial charge < -0.3 is 5.32 Å². The van der Waals surface area contributed by atoms with Crippen LogP contribution in [-0.4, -0.2) is 18.1 Å². The molecule has 1 aromatic rings. The van der Waals surface area contributed by atoms with E-state index < -0.39 is 0 Å². The first kappa shape index (κ1) is 15.6. The average Bonchev–Trinajstić information content (AvgIpc) is 2.28. The van der Waals surface area contributed by atoms with Crippen molar-refractivity contribution in [3.8, 4) is 0 Å². The van der Waals surface area contributed by atoms with Gasteiger partial charge in [-0.1, -0.05) is 27.2 Å². The Morgan fingerprint density at radius 3 is 2.67 bits per heavy atom. The highest BCUT2D eigenvalue weighted by Crippen LogP contribution is 2.16. The van der Waals surface area contributed by atoms with Gasteiger partial charge in [0.05, 0.1) is 0 Å². The van der Waals surface area contributed by atoms with Gasteiger partial charge in [-0.2, -0.15) is 0 Å². The summed E-state index contributed by atoms with van der Waals surface area (Å²) in [5, 5.41) is 3.57. The quantitative estimate of drug-likeness (QED) is 0.783. The number of pyridine rings is 1. The Hall–Kier alpha value is -0.410. The smallest absolute Gasteiger partial charge is 0.0410 e. The molecular weight excluding hydrogens is 288 g/mol. The van der Waals surface area contributed by atoms with Crippen LogP contribution in [0, 0.1) is 11.8 Å². The number of aromatic nitrogens is 1. The maximum atomic E-state index is 4.24. The van der Waals surface area contributed by atoms with E-state index in [4.69, 9.17) is 0 Å². The van der Waals surface area contributed by atoms with Gasteiger partial charge in [0.25, 0.3) is 0 Å². The lowest BCUT2D eigenvalue weighted by atomic mass is 9.95. The van der Waals surface area contributed by atoms with Crippen LogP contribution in [0.4, 0.5) is 0 Å².